The Bertz CT molecular complexity index is 507. The third-order valence-electron chi connectivity index (χ3n) is 2.40. The lowest BCUT2D eigenvalue weighted by atomic mass is 10.3. The summed E-state index contributed by atoms with van der Waals surface area (Å²) in [5, 5.41) is 3.65. The highest BCUT2D eigenvalue weighted by atomic mass is 35.5. The van der Waals surface area contributed by atoms with Crippen LogP contribution in [0.3, 0.4) is 0 Å². The van der Waals surface area contributed by atoms with Gasteiger partial charge < -0.3 is 4.90 Å². The molecule has 0 N–H and O–H groups in total. The van der Waals surface area contributed by atoms with E-state index in [0.717, 1.165) is 34.6 Å². The van der Waals surface area contributed by atoms with Crippen molar-refractivity contribution in [3.8, 4) is 0 Å². The molecule has 3 nitrogen and oxygen atoms in total. The largest absolute Gasteiger partial charge is 0.309 e. The average Bonchev–Trinajstić information content (AvgIpc) is 2.58. The summed E-state index contributed by atoms with van der Waals surface area (Å²) in [5.41, 5.74) is 1.16. The number of aromatic nitrogens is 2. The normalized spacial score (nSPS) is 11.6. The van der Waals surface area contributed by atoms with Gasteiger partial charge in [0.05, 0.1) is 5.39 Å². The van der Waals surface area contributed by atoms with E-state index in [1.54, 1.807) is 11.3 Å². The molecule has 2 rings (SSSR count). The summed E-state index contributed by atoms with van der Waals surface area (Å²) in [7, 11) is 4.07. The maximum absolute atomic E-state index is 6.17. The van der Waals surface area contributed by atoms with Crippen molar-refractivity contribution in [3.63, 3.8) is 0 Å². The Morgan fingerprint density at radius 3 is 2.81 bits per heavy atom. The summed E-state index contributed by atoms with van der Waals surface area (Å²) in [4.78, 5) is 12.0. The molecule has 0 aliphatic heterocycles. The molecular weight excluding hydrogens is 242 g/mol. The summed E-state index contributed by atoms with van der Waals surface area (Å²) in [5.74, 6) is 0.827. The Morgan fingerprint density at radius 2 is 2.12 bits per heavy atom. The predicted octanol–water partition coefficient (Wildman–Crippen LogP) is 2.76. The summed E-state index contributed by atoms with van der Waals surface area (Å²) in [6.07, 6.45) is 0.833. The minimum absolute atomic E-state index is 0.581. The number of halogens is 1. The number of likely N-dealkylation sites (N-methyl/N-ethyl adjacent to an activating group) is 1. The maximum atomic E-state index is 6.17. The summed E-state index contributed by atoms with van der Waals surface area (Å²) in [6, 6.07) is 0. The lowest BCUT2D eigenvalue weighted by molar-refractivity contribution is 0.410. The van der Waals surface area contributed by atoms with E-state index in [1.807, 2.05) is 21.0 Å². The molecule has 0 fully saturated rings. The molecule has 0 spiro atoms. The van der Waals surface area contributed by atoms with Crippen LogP contribution in [0.4, 0.5) is 0 Å². The van der Waals surface area contributed by atoms with Gasteiger partial charge in [-0.25, -0.2) is 9.97 Å². The average molecular weight is 256 g/mol. The van der Waals surface area contributed by atoms with Gasteiger partial charge in [0.25, 0.3) is 0 Å². The molecule has 0 saturated carbocycles. The van der Waals surface area contributed by atoms with Crippen molar-refractivity contribution in [2.45, 2.75) is 13.3 Å². The van der Waals surface area contributed by atoms with Gasteiger partial charge in [0, 0.05) is 13.0 Å². The molecule has 0 atom stereocenters. The molecule has 2 aromatic rings. The van der Waals surface area contributed by atoms with Crippen LogP contribution in [0, 0.1) is 6.92 Å². The van der Waals surface area contributed by atoms with Crippen molar-refractivity contribution in [3.05, 3.63) is 21.9 Å². The summed E-state index contributed by atoms with van der Waals surface area (Å²) >= 11 is 7.79. The van der Waals surface area contributed by atoms with Crippen LogP contribution >= 0.6 is 22.9 Å². The molecule has 0 aromatic carbocycles. The molecule has 0 unspecified atom stereocenters. The van der Waals surface area contributed by atoms with Gasteiger partial charge in [-0.1, -0.05) is 11.6 Å². The van der Waals surface area contributed by atoms with Crippen LogP contribution in [0.15, 0.2) is 5.38 Å². The van der Waals surface area contributed by atoms with E-state index < -0.39 is 0 Å². The monoisotopic (exact) mass is 255 g/mol. The topological polar surface area (TPSA) is 29.0 Å². The second kappa shape index (κ2) is 4.65. The molecule has 0 aliphatic rings. The van der Waals surface area contributed by atoms with Gasteiger partial charge in [0.1, 0.15) is 15.8 Å². The fourth-order valence-corrected chi connectivity index (χ4v) is 2.84. The van der Waals surface area contributed by atoms with Crippen molar-refractivity contribution in [2.75, 3.05) is 20.6 Å². The van der Waals surface area contributed by atoms with Crippen LogP contribution in [0.25, 0.3) is 10.2 Å². The van der Waals surface area contributed by atoms with E-state index in [4.69, 9.17) is 11.6 Å². The number of rotatable bonds is 3. The van der Waals surface area contributed by atoms with Crippen LogP contribution in [-0.4, -0.2) is 35.5 Å². The molecule has 5 heteroatoms. The van der Waals surface area contributed by atoms with Crippen molar-refractivity contribution in [1.82, 2.24) is 14.9 Å². The molecule has 2 heterocycles. The Balaban J connectivity index is 2.35. The third kappa shape index (κ3) is 2.34. The minimum Gasteiger partial charge on any atom is -0.309 e. The highest BCUT2D eigenvalue weighted by molar-refractivity contribution is 7.17. The number of hydrogen-bond donors (Lipinski definition) is 0. The first-order chi connectivity index (χ1) is 7.58. The summed E-state index contributed by atoms with van der Waals surface area (Å²) in [6.45, 7) is 2.97. The zero-order valence-electron chi connectivity index (χ0n) is 9.62. The van der Waals surface area contributed by atoms with Crippen LogP contribution in [-0.2, 0) is 6.42 Å². The Morgan fingerprint density at radius 1 is 1.38 bits per heavy atom. The SMILES string of the molecule is Cc1csc2nc(CCN(C)C)nc(Cl)c12. The quantitative estimate of drug-likeness (QED) is 0.790. The lowest BCUT2D eigenvalue weighted by Gasteiger charge is -2.08. The van der Waals surface area contributed by atoms with Crippen molar-refractivity contribution < 1.29 is 0 Å². The molecule has 2 aromatic heterocycles. The molecule has 0 bridgehead atoms. The van der Waals surface area contributed by atoms with Crippen LogP contribution in [0.1, 0.15) is 11.4 Å². The molecule has 0 aliphatic carbocycles. The highest BCUT2D eigenvalue weighted by Crippen LogP contribution is 2.28. The van der Waals surface area contributed by atoms with Gasteiger partial charge in [-0.15, -0.1) is 11.3 Å². The number of thiophene rings is 1. The van der Waals surface area contributed by atoms with Crippen LogP contribution in [0.5, 0.6) is 0 Å². The first kappa shape index (κ1) is 11.8. The second-order valence-corrected chi connectivity index (χ2v) is 5.30. The number of hydrogen-bond acceptors (Lipinski definition) is 4. The first-order valence-electron chi connectivity index (χ1n) is 5.13. The Kier molecular flexibility index (Phi) is 3.42. The van der Waals surface area contributed by atoms with Gasteiger partial charge in [-0.05, 0) is 32.0 Å². The van der Waals surface area contributed by atoms with E-state index >= 15 is 0 Å². The maximum Gasteiger partial charge on any atom is 0.141 e. The van der Waals surface area contributed by atoms with E-state index in [1.165, 1.54) is 0 Å². The number of nitrogens with zero attached hydrogens (tertiary/aromatic N) is 3. The Hall–Kier alpha value is -0.710. The first-order valence-corrected chi connectivity index (χ1v) is 6.38. The van der Waals surface area contributed by atoms with Crippen molar-refractivity contribution >= 4 is 33.2 Å². The zero-order valence-corrected chi connectivity index (χ0v) is 11.2. The van der Waals surface area contributed by atoms with Gasteiger partial charge in [-0.2, -0.15) is 0 Å². The lowest BCUT2D eigenvalue weighted by Crippen LogP contribution is -2.16. The van der Waals surface area contributed by atoms with Gasteiger partial charge in [0.2, 0.25) is 0 Å². The van der Waals surface area contributed by atoms with Crippen molar-refractivity contribution in [1.29, 1.82) is 0 Å². The summed E-state index contributed by atoms with van der Waals surface area (Å²) < 4.78 is 0. The van der Waals surface area contributed by atoms with E-state index in [9.17, 15) is 0 Å². The molecular formula is C11H14ClN3S. The van der Waals surface area contributed by atoms with Gasteiger partial charge in [0.15, 0.2) is 0 Å². The number of aryl methyl sites for hydroxylation is 1. The van der Waals surface area contributed by atoms with Crippen LogP contribution in [0.2, 0.25) is 5.15 Å². The number of fused-ring (bicyclic) bond motifs is 1. The minimum atomic E-state index is 0.581. The standard InChI is InChI=1S/C11H14ClN3S/c1-7-6-16-11-9(7)10(12)13-8(14-11)4-5-15(2)3/h6H,4-5H2,1-3H3. The second-order valence-electron chi connectivity index (χ2n) is 4.08. The fraction of sp³-hybridized carbons (Fsp3) is 0.455. The highest BCUT2D eigenvalue weighted by Gasteiger charge is 2.10. The van der Waals surface area contributed by atoms with E-state index in [0.29, 0.717) is 5.15 Å². The third-order valence-corrected chi connectivity index (χ3v) is 3.67. The smallest absolute Gasteiger partial charge is 0.141 e. The molecule has 0 saturated heterocycles. The van der Waals surface area contributed by atoms with Gasteiger partial charge >= 0.3 is 0 Å². The Labute approximate surface area is 104 Å². The molecule has 86 valence electrons. The van der Waals surface area contributed by atoms with E-state index in [-0.39, 0.29) is 0 Å². The molecule has 0 amide bonds. The van der Waals surface area contributed by atoms with Crippen molar-refractivity contribution in [2.24, 2.45) is 0 Å². The zero-order chi connectivity index (χ0) is 11.7. The predicted molar refractivity (Wildman–Crippen MR) is 69.4 cm³/mol. The van der Waals surface area contributed by atoms with Crippen LogP contribution < -0.4 is 0 Å². The van der Waals surface area contributed by atoms with Gasteiger partial charge in [-0.3, -0.25) is 0 Å². The molecule has 0 radical (unpaired) electrons. The van der Waals surface area contributed by atoms with E-state index in [2.05, 4.69) is 20.2 Å². The fourth-order valence-electron chi connectivity index (χ4n) is 1.51. The molecule has 16 heavy (non-hydrogen) atoms.